The van der Waals surface area contributed by atoms with E-state index in [0.717, 1.165) is 15.8 Å². The van der Waals surface area contributed by atoms with Crippen molar-refractivity contribution in [2.24, 2.45) is 0 Å². The Morgan fingerprint density at radius 1 is 1.27 bits per heavy atom. The Morgan fingerprint density at radius 3 is 2.50 bits per heavy atom. The lowest BCUT2D eigenvalue weighted by Gasteiger charge is -2.18. The molecule has 140 valence electrons. The van der Waals surface area contributed by atoms with Gasteiger partial charge in [-0.3, -0.25) is 4.79 Å². The van der Waals surface area contributed by atoms with Gasteiger partial charge >= 0.3 is 12.1 Å². The molecule has 0 aliphatic heterocycles. The molecule has 1 aromatic heterocycles. The number of carboxylic acid groups (broad SMARTS) is 1. The van der Waals surface area contributed by atoms with E-state index in [1.165, 1.54) is 6.20 Å². The van der Waals surface area contributed by atoms with Gasteiger partial charge < -0.3 is 9.84 Å². The zero-order valence-corrected chi connectivity index (χ0v) is 16.7. The Kier molecular flexibility index (Phi) is 6.58. The molecule has 26 heavy (non-hydrogen) atoms. The van der Waals surface area contributed by atoms with Crippen molar-refractivity contribution in [1.29, 1.82) is 0 Å². The van der Waals surface area contributed by atoms with Crippen molar-refractivity contribution in [3.05, 3.63) is 53.3 Å². The molecule has 1 aromatic carbocycles. The minimum Gasteiger partial charge on any atom is -0.463 e. The number of hydrogen-bond acceptors (Lipinski definition) is 4. The normalized spacial score (nSPS) is 12.6. The Bertz CT molecular complexity index is 766. The predicted octanol–water partition coefficient (Wildman–Crippen LogP) is 4.15. The van der Waals surface area contributed by atoms with Crippen LogP contribution >= 0.6 is 15.9 Å². The molecule has 2 rings (SSSR count). The van der Waals surface area contributed by atoms with Crippen LogP contribution in [0, 0.1) is 0 Å². The summed E-state index contributed by atoms with van der Waals surface area (Å²) in [4.78, 5) is 22.8. The van der Waals surface area contributed by atoms with E-state index in [2.05, 4.69) is 21.0 Å². The summed E-state index contributed by atoms with van der Waals surface area (Å²) < 4.78 is 6.24. The van der Waals surface area contributed by atoms with Gasteiger partial charge in [0, 0.05) is 6.20 Å². The van der Waals surface area contributed by atoms with Crippen molar-refractivity contribution in [2.75, 3.05) is 0 Å². The van der Waals surface area contributed by atoms with E-state index < -0.39 is 10.9 Å². The molecule has 1 unspecified atom stereocenters. The number of carbonyl (C=O) groups excluding carboxylic acids is 1. The van der Waals surface area contributed by atoms with Crippen LogP contribution in [-0.4, -0.2) is 31.8 Å². The summed E-state index contributed by atoms with van der Waals surface area (Å²) in [5, 5.41) is 13.3. The Morgan fingerprint density at radius 2 is 1.92 bits per heavy atom. The first-order chi connectivity index (χ1) is 12.2. The van der Waals surface area contributed by atoms with E-state index in [-0.39, 0.29) is 18.0 Å². The Labute approximate surface area is 161 Å². The second kappa shape index (κ2) is 8.49. The van der Waals surface area contributed by atoms with E-state index in [1.54, 1.807) is 0 Å². The molecule has 0 saturated carbocycles. The van der Waals surface area contributed by atoms with Gasteiger partial charge in [0.1, 0.15) is 11.4 Å². The number of halogens is 1. The maximum Gasteiger partial charge on any atom is 0.432 e. The van der Waals surface area contributed by atoms with Crippen LogP contribution in [0.25, 0.3) is 0 Å². The van der Waals surface area contributed by atoms with Crippen LogP contribution in [0.3, 0.4) is 0 Å². The third kappa shape index (κ3) is 5.42. The summed E-state index contributed by atoms with van der Waals surface area (Å²) in [5.41, 5.74) is 2.23. The van der Waals surface area contributed by atoms with Crippen molar-refractivity contribution in [3.8, 4) is 0 Å². The molecule has 0 aliphatic rings. The van der Waals surface area contributed by atoms with Gasteiger partial charge in [0.2, 0.25) is 0 Å². The van der Waals surface area contributed by atoms with Crippen LogP contribution in [-0.2, 0) is 28.0 Å². The number of hydrogen-bond donors (Lipinski definition) is 1. The van der Waals surface area contributed by atoms with E-state index in [1.807, 2.05) is 51.1 Å². The number of rotatable bonds is 6. The molecule has 1 heterocycles. The van der Waals surface area contributed by atoms with Crippen LogP contribution < -0.4 is 0 Å². The highest BCUT2D eigenvalue weighted by molar-refractivity contribution is 9.10. The maximum absolute atomic E-state index is 12.1. The summed E-state index contributed by atoms with van der Waals surface area (Å²) in [5.74, 6) is -0.344. The molecule has 7 heteroatoms. The van der Waals surface area contributed by atoms with Crippen molar-refractivity contribution in [2.45, 2.75) is 50.5 Å². The third-order valence-corrected chi connectivity index (χ3v) is 4.74. The first-order valence-corrected chi connectivity index (χ1v) is 9.27. The van der Waals surface area contributed by atoms with Crippen LogP contribution in [0.1, 0.15) is 44.0 Å². The minimum atomic E-state index is -1.13. The second-order valence-corrected chi connectivity index (χ2v) is 8.17. The number of carbonyl (C=O) groups is 2. The summed E-state index contributed by atoms with van der Waals surface area (Å²) in [6, 6.07) is 9.47. The molecule has 0 bridgehead atoms. The second-order valence-electron chi connectivity index (χ2n) is 7.07. The zero-order chi connectivity index (χ0) is 19.3. The quantitative estimate of drug-likeness (QED) is 0.558. The van der Waals surface area contributed by atoms with Gasteiger partial charge in [0.25, 0.3) is 0 Å². The van der Waals surface area contributed by atoms with E-state index in [0.29, 0.717) is 18.5 Å². The molecule has 0 aliphatic carbocycles. The topological polar surface area (TPSA) is 81.4 Å². The van der Waals surface area contributed by atoms with Crippen molar-refractivity contribution < 1.29 is 19.4 Å². The van der Waals surface area contributed by atoms with Crippen molar-refractivity contribution in [3.63, 3.8) is 0 Å². The van der Waals surface area contributed by atoms with Crippen LogP contribution in [0.2, 0.25) is 0 Å². The maximum atomic E-state index is 12.1. The van der Waals surface area contributed by atoms with Gasteiger partial charge in [-0.15, -0.1) is 0 Å². The van der Waals surface area contributed by atoms with Crippen LogP contribution in [0.5, 0.6) is 0 Å². The average Bonchev–Trinajstić information content (AvgIpc) is 3.03. The SMILES string of the molecule is CC(C)(C)c1cn(C(=O)O)nc1CCC(Br)C(=O)OCc1ccccc1. The lowest BCUT2D eigenvalue weighted by atomic mass is 9.86. The van der Waals surface area contributed by atoms with Crippen LogP contribution in [0.4, 0.5) is 4.79 Å². The highest BCUT2D eigenvalue weighted by Gasteiger charge is 2.25. The Hall–Kier alpha value is -2.15. The molecule has 0 spiro atoms. The largest absolute Gasteiger partial charge is 0.463 e. The minimum absolute atomic E-state index is 0.225. The molecule has 1 N–H and O–H groups in total. The first-order valence-electron chi connectivity index (χ1n) is 8.35. The number of aromatic nitrogens is 2. The number of ether oxygens (including phenoxy) is 1. The molecule has 0 amide bonds. The standard InChI is InChI=1S/C19H23BrN2O4/c1-19(2,3)14-11-22(18(24)25)21-16(14)10-9-15(20)17(23)26-12-13-7-5-4-6-8-13/h4-8,11,15H,9-10,12H2,1-3H3,(H,24,25). The zero-order valence-electron chi connectivity index (χ0n) is 15.1. The number of benzene rings is 1. The predicted molar refractivity (Wildman–Crippen MR) is 102 cm³/mol. The molecular formula is C19H23BrN2O4. The van der Waals surface area contributed by atoms with Gasteiger partial charge in [-0.1, -0.05) is 67.0 Å². The molecule has 6 nitrogen and oxygen atoms in total. The van der Waals surface area contributed by atoms with Gasteiger partial charge in [0.05, 0.1) is 5.69 Å². The van der Waals surface area contributed by atoms with Gasteiger partial charge in [-0.25, -0.2) is 4.79 Å². The molecule has 0 radical (unpaired) electrons. The van der Waals surface area contributed by atoms with Crippen LogP contribution in [0.15, 0.2) is 36.5 Å². The highest BCUT2D eigenvalue weighted by Crippen LogP contribution is 2.27. The lowest BCUT2D eigenvalue weighted by Crippen LogP contribution is -2.19. The lowest BCUT2D eigenvalue weighted by molar-refractivity contribution is -0.144. The highest BCUT2D eigenvalue weighted by atomic mass is 79.9. The number of aryl methyl sites for hydroxylation is 1. The smallest absolute Gasteiger partial charge is 0.432 e. The van der Waals surface area contributed by atoms with Crippen molar-refractivity contribution in [1.82, 2.24) is 9.78 Å². The fourth-order valence-corrected chi connectivity index (χ4v) is 2.88. The molecule has 0 saturated heterocycles. The van der Waals surface area contributed by atoms with Gasteiger partial charge in [-0.05, 0) is 29.4 Å². The fraction of sp³-hybridized carbons (Fsp3) is 0.421. The average molecular weight is 423 g/mol. The molecule has 2 aromatic rings. The molecular weight excluding hydrogens is 400 g/mol. The van der Waals surface area contributed by atoms with E-state index in [4.69, 9.17) is 9.84 Å². The summed E-state index contributed by atoms with van der Waals surface area (Å²) in [6.45, 7) is 6.22. The monoisotopic (exact) mass is 422 g/mol. The molecule has 0 fully saturated rings. The van der Waals surface area contributed by atoms with E-state index >= 15 is 0 Å². The number of esters is 1. The van der Waals surface area contributed by atoms with E-state index in [9.17, 15) is 9.59 Å². The first kappa shape index (κ1) is 20.2. The summed E-state index contributed by atoms with van der Waals surface area (Å²) >= 11 is 3.36. The number of alkyl halides is 1. The van der Waals surface area contributed by atoms with Gasteiger partial charge in [0.15, 0.2) is 0 Å². The Balaban J connectivity index is 1.97. The fourth-order valence-electron chi connectivity index (χ4n) is 2.52. The van der Waals surface area contributed by atoms with Gasteiger partial charge in [-0.2, -0.15) is 9.78 Å². The summed E-state index contributed by atoms with van der Waals surface area (Å²) in [7, 11) is 0. The van der Waals surface area contributed by atoms with Crippen molar-refractivity contribution >= 4 is 28.0 Å². The number of nitrogens with zero attached hydrogens (tertiary/aromatic N) is 2. The molecule has 1 atom stereocenters. The summed E-state index contributed by atoms with van der Waals surface area (Å²) in [6.07, 6.45) is 1.35. The third-order valence-electron chi connectivity index (χ3n) is 3.91.